The smallest absolute Gasteiger partial charge is 0.268 e. The van der Waals surface area contributed by atoms with E-state index in [1.165, 1.54) is 0 Å². The number of halogens is 1. The van der Waals surface area contributed by atoms with Crippen LogP contribution in [0.3, 0.4) is 0 Å². The van der Waals surface area contributed by atoms with Crippen LogP contribution in [0, 0.1) is 0 Å². The van der Waals surface area contributed by atoms with E-state index in [1.807, 2.05) is 72.8 Å². The molecule has 1 unspecified atom stereocenters. The Bertz CT molecular complexity index is 1220. The van der Waals surface area contributed by atoms with Gasteiger partial charge in [-0.25, -0.2) is 0 Å². The van der Waals surface area contributed by atoms with Gasteiger partial charge in [0.1, 0.15) is 0 Å². The molecule has 3 aromatic carbocycles. The second kappa shape index (κ2) is 6.33. The summed E-state index contributed by atoms with van der Waals surface area (Å²) in [7, 11) is 0. The van der Waals surface area contributed by atoms with Crippen LogP contribution < -0.4 is 4.90 Å². The van der Waals surface area contributed by atoms with Crippen LogP contribution in [0.15, 0.2) is 83.5 Å². The van der Waals surface area contributed by atoms with Gasteiger partial charge in [-0.15, -0.1) is 0 Å². The van der Waals surface area contributed by atoms with E-state index in [9.17, 15) is 9.90 Å². The number of anilines is 1. The van der Waals surface area contributed by atoms with Gasteiger partial charge in [-0.05, 0) is 23.8 Å². The number of hydrogen-bond donors (Lipinski definition) is 2. The molecule has 0 aliphatic carbocycles. The van der Waals surface area contributed by atoms with E-state index >= 15 is 0 Å². The van der Waals surface area contributed by atoms with Gasteiger partial charge in [-0.3, -0.25) is 4.79 Å². The molecule has 0 fully saturated rings. The lowest BCUT2D eigenvalue weighted by Crippen LogP contribution is -2.40. The van der Waals surface area contributed by atoms with Crippen LogP contribution in [0.2, 0.25) is 0 Å². The van der Waals surface area contributed by atoms with Crippen LogP contribution in [0.5, 0.6) is 0 Å². The minimum atomic E-state index is -1.72. The monoisotopic (exact) mass is 432 g/mol. The average molecular weight is 433 g/mol. The number of carbonyl (C=O) groups is 1. The summed E-state index contributed by atoms with van der Waals surface area (Å²) in [5.74, 6) is -0.339. The third-order valence-electron chi connectivity index (χ3n) is 5.40. The van der Waals surface area contributed by atoms with Crippen molar-refractivity contribution in [2.24, 2.45) is 0 Å². The second-order valence-corrected chi connectivity index (χ2v) is 7.81. The molecule has 4 nitrogen and oxygen atoms in total. The Morgan fingerprint density at radius 2 is 1.64 bits per heavy atom. The zero-order valence-electron chi connectivity index (χ0n) is 14.9. The van der Waals surface area contributed by atoms with Gasteiger partial charge in [-0.1, -0.05) is 70.5 Å². The highest BCUT2D eigenvalue weighted by atomic mass is 79.9. The second-order valence-electron chi connectivity index (χ2n) is 6.96. The molecule has 0 bridgehead atoms. The normalized spacial score (nSPS) is 18.6. The van der Waals surface area contributed by atoms with Crippen molar-refractivity contribution in [1.82, 2.24) is 4.98 Å². The van der Waals surface area contributed by atoms with Gasteiger partial charge in [-0.2, -0.15) is 0 Å². The zero-order chi connectivity index (χ0) is 19.3. The molecular formula is C23H17BrN2O2. The maximum Gasteiger partial charge on any atom is 0.268 e. The Labute approximate surface area is 170 Å². The molecule has 1 aliphatic rings. The molecule has 2 heterocycles. The zero-order valence-corrected chi connectivity index (χ0v) is 16.5. The van der Waals surface area contributed by atoms with Crippen molar-refractivity contribution in [1.29, 1.82) is 0 Å². The number of para-hydroxylation sites is 2. The molecule has 0 saturated heterocycles. The van der Waals surface area contributed by atoms with E-state index in [4.69, 9.17) is 0 Å². The lowest BCUT2D eigenvalue weighted by atomic mass is 9.87. The molecule has 5 rings (SSSR count). The van der Waals surface area contributed by atoms with Crippen LogP contribution in [0.4, 0.5) is 5.69 Å². The highest BCUT2D eigenvalue weighted by Gasteiger charge is 2.52. The third kappa shape index (κ3) is 2.37. The van der Waals surface area contributed by atoms with Crippen molar-refractivity contribution in [3.05, 3.63) is 100 Å². The van der Waals surface area contributed by atoms with E-state index < -0.39 is 5.60 Å². The lowest BCUT2D eigenvalue weighted by molar-refractivity contribution is -0.132. The minimum absolute atomic E-state index is 0.339. The molecule has 2 N–H and O–H groups in total. The summed E-state index contributed by atoms with van der Waals surface area (Å²) < 4.78 is 0.933. The highest BCUT2D eigenvalue weighted by Crippen LogP contribution is 2.46. The molecule has 0 radical (unpaired) electrons. The molecule has 28 heavy (non-hydrogen) atoms. The van der Waals surface area contributed by atoms with Crippen molar-refractivity contribution in [3.8, 4) is 0 Å². The summed E-state index contributed by atoms with van der Waals surface area (Å²) in [6.45, 7) is 0.377. The standard InChI is InChI=1S/C23H17BrN2O2/c24-19-10-4-1-7-15(19)14-26-21-12-6-3-9-17(21)23(28,22(26)27)18-13-25-20-11-5-2-8-16(18)20/h1-13,25,28H,14H2. The van der Waals surface area contributed by atoms with E-state index in [0.29, 0.717) is 17.7 Å². The maximum atomic E-state index is 13.6. The van der Waals surface area contributed by atoms with Crippen molar-refractivity contribution < 1.29 is 9.90 Å². The molecule has 1 aliphatic heterocycles. The summed E-state index contributed by atoms with van der Waals surface area (Å²) >= 11 is 3.56. The number of aromatic amines is 1. The SMILES string of the molecule is O=C1N(Cc2ccccc2Br)c2ccccc2C1(O)c1c[nH]c2ccccc12. The fourth-order valence-electron chi connectivity index (χ4n) is 4.02. The summed E-state index contributed by atoms with van der Waals surface area (Å²) in [6, 6.07) is 23.0. The van der Waals surface area contributed by atoms with E-state index in [0.717, 1.165) is 26.6 Å². The number of hydrogen-bond acceptors (Lipinski definition) is 2. The first-order valence-corrected chi connectivity index (χ1v) is 9.84. The molecule has 1 amide bonds. The molecule has 1 aromatic heterocycles. The molecule has 0 spiro atoms. The topological polar surface area (TPSA) is 56.3 Å². The highest BCUT2D eigenvalue weighted by molar-refractivity contribution is 9.10. The van der Waals surface area contributed by atoms with Crippen LogP contribution in [0.25, 0.3) is 10.9 Å². The molecule has 5 heteroatoms. The summed E-state index contributed by atoms with van der Waals surface area (Å²) in [6.07, 6.45) is 1.74. The third-order valence-corrected chi connectivity index (χ3v) is 6.18. The Morgan fingerprint density at radius 1 is 0.929 bits per heavy atom. The lowest BCUT2D eigenvalue weighted by Gasteiger charge is -2.23. The van der Waals surface area contributed by atoms with Gasteiger partial charge in [0.05, 0.1) is 12.2 Å². The van der Waals surface area contributed by atoms with E-state index in [1.54, 1.807) is 11.1 Å². The van der Waals surface area contributed by atoms with Crippen molar-refractivity contribution in [3.63, 3.8) is 0 Å². The van der Waals surface area contributed by atoms with Gasteiger partial charge in [0, 0.05) is 32.7 Å². The van der Waals surface area contributed by atoms with E-state index in [2.05, 4.69) is 20.9 Å². The first-order valence-electron chi connectivity index (χ1n) is 9.04. The number of amides is 1. The predicted molar refractivity (Wildman–Crippen MR) is 113 cm³/mol. The maximum absolute atomic E-state index is 13.6. The number of aromatic nitrogens is 1. The Hall–Kier alpha value is -2.89. The first kappa shape index (κ1) is 17.2. The number of H-pyrrole nitrogens is 1. The average Bonchev–Trinajstić information content (AvgIpc) is 3.24. The van der Waals surface area contributed by atoms with E-state index in [-0.39, 0.29) is 5.91 Å². The molecule has 0 saturated carbocycles. The minimum Gasteiger partial charge on any atom is -0.372 e. The summed E-state index contributed by atoms with van der Waals surface area (Å²) in [5, 5.41) is 12.6. The fourth-order valence-corrected chi connectivity index (χ4v) is 4.43. The van der Waals surface area contributed by atoms with Gasteiger partial charge in [0.2, 0.25) is 0 Å². The van der Waals surface area contributed by atoms with Crippen molar-refractivity contribution >= 4 is 38.4 Å². The number of nitrogens with zero attached hydrogens (tertiary/aromatic N) is 1. The predicted octanol–water partition coefficient (Wildman–Crippen LogP) is 4.71. The van der Waals surface area contributed by atoms with Crippen LogP contribution in [0.1, 0.15) is 16.7 Å². The Kier molecular flexibility index (Phi) is 3.89. The number of nitrogens with one attached hydrogen (secondary N) is 1. The van der Waals surface area contributed by atoms with Crippen LogP contribution in [-0.2, 0) is 16.9 Å². The van der Waals surface area contributed by atoms with Gasteiger partial charge >= 0.3 is 0 Å². The van der Waals surface area contributed by atoms with Crippen molar-refractivity contribution in [2.45, 2.75) is 12.1 Å². The number of fused-ring (bicyclic) bond motifs is 2. The van der Waals surface area contributed by atoms with Gasteiger partial charge in [0.15, 0.2) is 5.60 Å². The molecule has 138 valence electrons. The molecule has 4 aromatic rings. The Morgan fingerprint density at radius 3 is 2.50 bits per heavy atom. The Balaban J connectivity index is 1.68. The number of benzene rings is 3. The largest absolute Gasteiger partial charge is 0.372 e. The molecular weight excluding hydrogens is 416 g/mol. The first-order chi connectivity index (χ1) is 13.6. The van der Waals surface area contributed by atoms with Crippen LogP contribution in [-0.4, -0.2) is 16.0 Å². The molecule has 1 atom stereocenters. The van der Waals surface area contributed by atoms with Gasteiger partial charge in [0.25, 0.3) is 5.91 Å². The van der Waals surface area contributed by atoms with Gasteiger partial charge < -0.3 is 15.0 Å². The number of aliphatic hydroxyl groups is 1. The quantitative estimate of drug-likeness (QED) is 0.492. The summed E-state index contributed by atoms with van der Waals surface area (Å²) in [5.41, 5.74) is 2.06. The fraction of sp³-hybridized carbons (Fsp3) is 0.0870. The number of carbonyl (C=O) groups excluding carboxylic acids is 1. The number of rotatable bonds is 3. The van der Waals surface area contributed by atoms with Crippen LogP contribution >= 0.6 is 15.9 Å². The summed E-state index contributed by atoms with van der Waals surface area (Å²) in [4.78, 5) is 18.4. The van der Waals surface area contributed by atoms with Crippen molar-refractivity contribution in [2.75, 3.05) is 4.90 Å².